The lowest BCUT2D eigenvalue weighted by Crippen LogP contribution is -2.27. The largest absolute Gasteiger partial charge is 0.390 e. The van der Waals surface area contributed by atoms with Gasteiger partial charge in [-0.3, -0.25) is 0 Å². The molecule has 3 unspecified atom stereocenters. The van der Waals surface area contributed by atoms with Gasteiger partial charge in [-0.05, 0) is 26.7 Å². The molecule has 2 N–H and O–H groups in total. The summed E-state index contributed by atoms with van der Waals surface area (Å²) in [5, 5.41) is 18.6. The van der Waals surface area contributed by atoms with E-state index in [4.69, 9.17) is 9.47 Å². The Morgan fingerprint density at radius 3 is 2.21 bits per heavy atom. The Labute approximate surface area is 85.8 Å². The molecule has 0 spiro atoms. The molecule has 0 aliphatic carbocycles. The topological polar surface area (TPSA) is 58.9 Å². The molecule has 0 rings (SSSR count). The average molecular weight is 206 g/mol. The molecule has 0 fully saturated rings. The van der Waals surface area contributed by atoms with E-state index in [-0.39, 0.29) is 6.29 Å². The third-order valence-corrected chi connectivity index (χ3v) is 2.03. The van der Waals surface area contributed by atoms with Gasteiger partial charge in [-0.1, -0.05) is 6.92 Å². The Bertz CT molecular complexity index is 129. The summed E-state index contributed by atoms with van der Waals surface area (Å²) in [5.41, 5.74) is 0. The summed E-state index contributed by atoms with van der Waals surface area (Å²) in [7, 11) is 0. The smallest absolute Gasteiger partial charge is 0.154 e. The number of rotatable bonds is 8. The second-order valence-corrected chi connectivity index (χ2v) is 3.23. The fourth-order valence-electron chi connectivity index (χ4n) is 1.10. The molecule has 4 heteroatoms. The summed E-state index contributed by atoms with van der Waals surface area (Å²) in [5.74, 6) is 0. The Morgan fingerprint density at radius 1 is 1.07 bits per heavy atom. The van der Waals surface area contributed by atoms with E-state index in [1.54, 1.807) is 0 Å². The molecule has 0 radical (unpaired) electrons. The van der Waals surface area contributed by atoms with Crippen molar-refractivity contribution < 1.29 is 19.7 Å². The second-order valence-electron chi connectivity index (χ2n) is 3.23. The van der Waals surface area contributed by atoms with Crippen LogP contribution in [0.15, 0.2) is 0 Å². The SMILES string of the molecule is CCOC(C)OCCC(O)C(O)CC. The van der Waals surface area contributed by atoms with Gasteiger partial charge >= 0.3 is 0 Å². The van der Waals surface area contributed by atoms with E-state index in [1.165, 1.54) is 0 Å². The molecule has 0 aromatic heterocycles. The fourth-order valence-corrected chi connectivity index (χ4v) is 1.10. The molecule has 14 heavy (non-hydrogen) atoms. The third-order valence-electron chi connectivity index (χ3n) is 2.03. The average Bonchev–Trinajstić information content (AvgIpc) is 2.16. The van der Waals surface area contributed by atoms with Crippen LogP contribution in [0.25, 0.3) is 0 Å². The van der Waals surface area contributed by atoms with Crippen LogP contribution in [-0.2, 0) is 9.47 Å². The van der Waals surface area contributed by atoms with Gasteiger partial charge in [0.1, 0.15) is 0 Å². The van der Waals surface area contributed by atoms with E-state index in [0.717, 1.165) is 0 Å². The first kappa shape index (κ1) is 13.8. The van der Waals surface area contributed by atoms with Crippen LogP contribution < -0.4 is 0 Å². The molecule has 0 saturated heterocycles. The maximum absolute atomic E-state index is 9.39. The van der Waals surface area contributed by atoms with Crippen LogP contribution in [0.4, 0.5) is 0 Å². The highest BCUT2D eigenvalue weighted by atomic mass is 16.7. The molecular formula is C10H22O4. The van der Waals surface area contributed by atoms with Gasteiger partial charge in [0.25, 0.3) is 0 Å². The number of ether oxygens (including phenoxy) is 2. The number of aliphatic hydroxyl groups is 2. The lowest BCUT2D eigenvalue weighted by molar-refractivity contribution is -0.134. The zero-order chi connectivity index (χ0) is 11.0. The summed E-state index contributed by atoms with van der Waals surface area (Å²) in [6, 6.07) is 0. The van der Waals surface area contributed by atoms with Gasteiger partial charge in [-0.15, -0.1) is 0 Å². The molecule has 3 atom stereocenters. The number of hydrogen-bond donors (Lipinski definition) is 2. The highest BCUT2D eigenvalue weighted by molar-refractivity contribution is 4.64. The first-order valence-electron chi connectivity index (χ1n) is 5.21. The predicted octanol–water partition coefficient (Wildman–Crippen LogP) is 0.907. The molecule has 0 amide bonds. The minimum absolute atomic E-state index is 0.244. The summed E-state index contributed by atoms with van der Waals surface area (Å²) < 4.78 is 10.4. The second kappa shape index (κ2) is 8.17. The Hall–Kier alpha value is -0.160. The van der Waals surface area contributed by atoms with Crippen molar-refractivity contribution in [2.45, 2.75) is 52.1 Å². The summed E-state index contributed by atoms with van der Waals surface area (Å²) in [6.07, 6.45) is -0.602. The van der Waals surface area contributed by atoms with Crippen LogP contribution in [0.3, 0.4) is 0 Å². The fraction of sp³-hybridized carbons (Fsp3) is 1.00. The zero-order valence-electron chi connectivity index (χ0n) is 9.27. The molecule has 0 aliphatic rings. The lowest BCUT2D eigenvalue weighted by atomic mass is 10.1. The quantitative estimate of drug-likeness (QED) is 0.579. The molecule has 0 aromatic rings. The van der Waals surface area contributed by atoms with Gasteiger partial charge in [0.2, 0.25) is 0 Å². The Balaban J connectivity index is 3.43. The van der Waals surface area contributed by atoms with Crippen LogP contribution in [0.1, 0.15) is 33.6 Å². The number of hydrogen-bond acceptors (Lipinski definition) is 4. The van der Waals surface area contributed by atoms with E-state index in [0.29, 0.717) is 26.1 Å². The minimum Gasteiger partial charge on any atom is -0.390 e. The van der Waals surface area contributed by atoms with E-state index in [2.05, 4.69) is 0 Å². The van der Waals surface area contributed by atoms with Crippen LogP contribution in [0.5, 0.6) is 0 Å². The van der Waals surface area contributed by atoms with Crippen LogP contribution in [-0.4, -0.2) is 41.9 Å². The van der Waals surface area contributed by atoms with Gasteiger partial charge in [0.05, 0.1) is 18.8 Å². The molecule has 0 heterocycles. The molecular weight excluding hydrogens is 184 g/mol. The van der Waals surface area contributed by atoms with Gasteiger partial charge in [-0.2, -0.15) is 0 Å². The Kier molecular flexibility index (Phi) is 8.08. The van der Waals surface area contributed by atoms with Crippen molar-refractivity contribution in [1.29, 1.82) is 0 Å². The maximum Gasteiger partial charge on any atom is 0.154 e. The molecule has 0 aliphatic heterocycles. The van der Waals surface area contributed by atoms with Crippen molar-refractivity contribution in [3.8, 4) is 0 Å². The van der Waals surface area contributed by atoms with Gasteiger partial charge in [-0.25, -0.2) is 0 Å². The highest BCUT2D eigenvalue weighted by Crippen LogP contribution is 2.04. The van der Waals surface area contributed by atoms with E-state index in [9.17, 15) is 10.2 Å². The molecule has 0 aromatic carbocycles. The maximum atomic E-state index is 9.39. The van der Waals surface area contributed by atoms with E-state index >= 15 is 0 Å². The standard InChI is InChI=1S/C10H22O4/c1-4-9(11)10(12)6-7-14-8(3)13-5-2/h8-12H,4-7H2,1-3H3. The van der Waals surface area contributed by atoms with Crippen LogP contribution in [0, 0.1) is 0 Å². The van der Waals surface area contributed by atoms with E-state index < -0.39 is 12.2 Å². The molecule has 0 bridgehead atoms. The van der Waals surface area contributed by atoms with Gasteiger partial charge in [0, 0.05) is 6.61 Å². The normalized spacial score (nSPS) is 17.8. The first-order valence-corrected chi connectivity index (χ1v) is 5.21. The predicted molar refractivity (Wildman–Crippen MR) is 54.0 cm³/mol. The lowest BCUT2D eigenvalue weighted by Gasteiger charge is -2.17. The molecule has 86 valence electrons. The van der Waals surface area contributed by atoms with Crippen LogP contribution >= 0.6 is 0 Å². The summed E-state index contributed by atoms with van der Waals surface area (Å²) >= 11 is 0. The van der Waals surface area contributed by atoms with Gasteiger partial charge < -0.3 is 19.7 Å². The summed E-state index contributed by atoms with van der Waals surface area (Å²) in [6.45, 7) is 6.56. The zero-order valence-corrected chi connectivity index (χ0v) is 9.27. The van der Waals surface area contributed by atoms with Crippen molar-refractivity contribution in [3.05, 3.63) is 0 Å². The monoisotopic (exact) mass is 206 g/mol. The van der Waals surface area contributed by atoms with Crippen LogP contribution in [0.2, 0.25) is 0 Å². The first-order chi connectivity index (χ1) is 6.61. The van der Waals surface area contributed by atoms with Gasteiger partial charge in [0.15, 0.2) is 6.29 Å². The summed E-state index contributed by atoms with van der Waals surface area (Å²) in [4.78, 5) is 0. The van der Waals surface area contributed by atoms with Crippen molar-refractivity contribution >= 4 is 0 Å². The number of aliphatic hydroxyl groups excluding tert-OH is 2. The Morgan fingerprint density at radius 2 is 1.71 bits per heavy atom. The van der Waals surface area contributed by atoms with Crippen molar-refractivity contribution in [2.24, 2.45) is 0 Å². The third kappa shape index (κ3) is 6.32. The highest BCUT2D eigenvalue weighted by Gasteiger charge is 2.14. The molecule has 0 saturated carbocycles. The molecule has 4 nitrogen and oxygen atoms in total. The van der Waals surface area contributed by atoms with Crippen molar-refractivity contribution in [2.75, 3.05) is 13.2 Å². The van der Waals surface area contributed by atoms with E-state index in [1.807, 2.05) is 20.8 Å². The van der Waals surface area contributed by atoms with Crippen molar-refractivity contribution in [3.63, 3.8) is 0 Å². The minimum atomic E-state index is -0.700. The van der Waals surface area contributed by atoms with Crippen molar-refractivity contribution in [1.82, 2.24) is 0 Å².